The average Bonchev–Trinajstić information content (AvgIpc) is 3.04. The van der Waals surface area contributed by atoms with E-state index in [1.807, 2.05) is 28.3 Å². The number of carbonyl (C=O) groups excluding carboxylic acids is 1. The first-order valence-corrected chi connectivity index (χ1v) is 7.19. The minimum Gasteiger partial charge on any atom is -0.347 e. The molecule has 18 heavy (non-hydrogen) atoms. The standard InChI is InChI=1S/C13H12N2OS2/c14-5-1-2-10-4-7-18-12(10)8-15-13(16)11-3-6-17-9-11/h3-4,6-7,9H,5,8,14H2,(H,15,16). The molecular weight excluding hydrogens is 264 g/mol. The van der Waals surface area contributed by atoms with Gasteiger partial charge in [0.05, 0.1) is 13.1 Å². The van der Waals surface area contributed by atoms with Crippen molar-refractivity contribution in [3.8, 4) is 11.8 Å². The maximum atomic E-state index is 11.8. The van der Waals surface area contributed by atoms with Gasteiger partial charge < -0.3 is 11.1 Å². The Labute approximate surface area is 114 Å². The second kappa shape index (κ2) is 6.36. The van der Waals surface area contributed by atoms with E-state index in [0.717, 1.165) is 10.4 Å². The summed E-state index contributed by atoms with van der Waals surface area (Å²) in [6, 6.07) is 3.75. The molecule has 1 amide bonds. The van der Waals surface area contributed by atoms with E-state index in [4.69, 9.17) is 5.73 Å². The fourth-order valence-corrected chi connectivity index (χ4v) is 2.80. The lowest BCUT2D eigenvalue weighted by Crippen LogP contribution is -2.22. The minimum absolute atomic E-state index is 0.0533. The molecule has 3 N–H and O–H groups in total. The number of amides is 1. The second-order valence-electron chi connectivity index (χ2n) is 3.46. The largest absolute Gasteiger partial charge is 0.347 e. The van der Waals surface area contributed by atoms with Crippen LogP contribution in [0, 0.1) is 11.8 Å². The van der Waals surface area contributed by atoms with Crippen molar-refractivity contribution in [2.45, 2.75) is 6.54 Å². The highest BCUT2D eigenvalue weighted by Crippen LogP contribution is 2.15. The molecule has 0 atom stereocenters. The van der Waals surface area contributed by atoms with Gasteiger partial charge in [-0.25, -0.2) is 0 Å². The molecule has 0 saturated heterocycles. The summed E-state index contributed by atoms with van der Waals surface area (Å²) in [6.07, 6.45) is 0. The van der Waals surface area contributed by atoms with Crippen molar-refractivity contribution in [2.24, 2.45) is 5.73 Å². The highest BCUT2D eigenvalue weighted by atomic mass is 32.1. The van der Waals surface area contributed by atoms with Crippen molar-refractivity contribution in [2.75, 3.05) is 6.54 Å². The van der Waals surface area contributed by atoms with Crippen molar-refractivity contribution in [1.82, 2.24) is 5.32 Å². The van der Waals surface area contributed by atoms with Crippen LogP contribution in [-0.4, -0.2) is 12.5 Å². The molecule has 0 aliphatic carbocycles. The summed E-state index contributed by atoms with van der Waals surface area (Å²) in [6.45, 7) is 0.845. The Morgan fingerprint density at radius 2 is 2.28 bits per heavy atom. The van der Waals surface area contributed by atoms with Crippen LogP contribution in [0.15, 0.2) is 28.3 Å². The second-order valence-corrected chi connectivity index (χ2v) is 5.24. The fourth-order valence-electron chi connectivity index (χ4n) is 1.39. The quantitative estimate of drug-likeness (QED) is 0.843. The summed E-state index contributed by atoms with van der Waals surface area (Å²) in [5.41, 5.74) is 6.98. The summed E-state index contributed by atoms with van der Waals surface area (Å²) in [5.74, 6) is 5.76. The first kappa shape index (κ1) is 12.8. The number of carbonyl (C=O) groups is 1. The summed E-state index contributed by atoms with van der Waals surface area (Å²) < 4.78 is 0. The molecule has 0 aromatic carbocycles. The first-order valence-electron chi connectivity index (χ1n) is 5.37. The Hall–Kier alpha value is -1.61. The number of thiophene rings is 2. The van der Waals surface area contributed by atoms with Crippen LogP contribution < -0.4 is 11.1 Å². The predicted molar refractivity (Wildman–Crippen MR) is 75.7 cm³/mol. The van der Waals surface area contributed by atoms with Crippen LogP contribution in [0.1, 0.15) is 20.8 Å². The zero-order valence-electron chi connectivity index (χ0n) is 9.60. The van der Waals surface area contributed by atoms with Crippen LogP contribution in [0.3, 0.4) is 0 Å². The summed E-state index contributed by atoms with van der Waals surface area (Å²) >= 11 is 3.09. The van der Waals surface area contributed by atoms with Gasteiger partial charge in [0.15, 0.2) is 0 Å². The molecule has 92 valence electrons. The molecule has 2 aromatic rings. The minimum atomic E-state index is -0.0533. The highest BCUT2D eigenvalue weighted by Gasteiger charge is 2.07. The van der Waals surface area contributed by atoms with Gasteiger partial charge in [-0.2, -0.15) is 11.3 Å². The van der Waals surface area contributed by atoms with Gasteiger partial charge in [-0.3, -0.25) is 4.79 Å². The number of hydrogen-bond acceptors (Lipinski definition) is 4. The lowest BCUT2D eigenvalue weighted by molar-refractivity contribution is 0.0952. The Bertz CT molecular complexity index is 576. The molecule has 2 rings (SSSR count). The Morgan fingerprint density at radius 3 is 3.00 bits per heavy atom. The molecule has 2 heterocycles. The third kappa shape index (κ3) is 3.20. The summed E-state index contributed by atoms with van der Waals surface area (Å²) in [7, 11) is 0. The molecule has 0 fully saturated rings. The van der Waals surface area contributed by atoms with Crippen molar-refractivity contribution in [3.63, 3.8) is 0 Å². The lowest BCUT2D eigenvalue weighted by Gasteiger charge is -2.02. The summed E-state index contributed by atoms with van der Waals surface area (Å²) in [5, 5.41) is 8.57. The Balaban J connectivity index is 1.98. The van der Waals surface area contributed by atoms with Gasteiger partial charge in [0.25, 0.3) is 5.91 Å². The van der Waals surface area contributed by atoms with E-state index in [9.17, 15) is 4.79 Å². The SMILES string of the molecule is NCC#Cc1ccsc1CNC(=O)c1ccsc1. The number of hydrogen-bond donors (Lipinski definition) is 2. The van der Waals surface area contributed by atoms with Crippen molar-refractivity contribution >= 4 is 28.6 Å². The molecule has 0 radical (unpaired) electrons. The molecule has 0 spiro atoms. The molecule has 0 aliphatic rings. The normalized spacial score (nSPS) is 9.61. The van der Waals surface area contributed by atoms with Gasteiger partial charge in [0.2, 0.25) is 0 Å². The predicted octanol–water partition coefficient (Wildman–Crippen LogP) is 2.05. The molecule has 0 aliphatic heterocycles. The third-order valence-electron chi connectivity index (χ3n) is 2.26. The maximum Gasteiger partial charge on any atom is 0.252 e. The number of nitrogens with one attached hydrogen (secondary N) is 1. The zero-order valence-corrected chi connectivity index (χ0v) is 11.2. The number of rotatable bonds is 3. The number of nitrogens with two attached hydrogens (primary N) is 1. The van der Waals surface area contributed by atoms with E-state index in [-0.39, 0.29) is 5.91 Å². The van der Waals surface area contributed by atoms with Crippen LogP contribution in [-0.2, 0) is 6.54 Å². The smallest absolute Gasteiger partial charge is 0.252 e. The molecule has 0 unspecified atom stereocenters. The van der Waals surface area contributed by atoms with Crippen LogP contribution in [0.25, 0.3) is 0 Å². The van der Waals surface area contributed by atoms with Gasteiger partial charge in [-0.15, -0.1) is 11.3 Å². The third-order valence-corrected chi connectivity index (χ3v) is 3.87. The van der Waals surface area contributed by atoms with Gasteiger partial charge in [0, 0.05) is 21.4 Å². The average molecular weight is 276 g/mol. The van der Waals surface area contributed by atoms with E-state index < -0.39 is 0 Å². The Kier molecular flexibility index (Phi) is 4.53. The van der Waals surface area contributed by atoms with Gasteiger partial charge in [-0.05, 0) is 22.9 Å². The van der Waals surface area contributed by atoms with Gasteiger partial charge in [0.1, 0.15) is 0 Å². The van der Waals surface area contributed by atoms with Crippen molar-refractivity contribution < 1.29 is 4.79 Å². The van der Waals surface area contributed by atoms with Crippen LogP contribution >= 0.6 is 22.7 Å². The van der Waals surface area contributed by atoms with Crippen LogP contribution in [0.4, 0.5) is 0 Å². The molecular formula is C13H12N2OS2. The Morgan fingerprint density at radius 1 is 1.39 bits per heavy atom. The fraction of sp³-hybridized carbons (Fsp3) is 0.154. The van der Waals surface area contributed by atoms with E-state index in [2.05, 4.69) is 17.2 Å². The monoisotopic (exact) mass is 276 g/mol. The molecule has 2 aromatic heterocycles. The molecule has 5 heteroatoms. The van der Waals surface area contributed by atoms with Crippen molar-refractivity contribution in [1.29, 1.82) is 0 Å². The highest BCUT2D eigenvalue weighted by molar-refractivity contribution is 7.10. The first-order chi connectivity index (χ1) is 8.81. The van der Waals surface area contributed by atoms with E-state index >= 15 is 0 Å². The topological polar surface area (TPSA) is 55.1 Å². The van der Waals surface area contributed by atoms with Crippen LogP contribution in [0.2, 0.25) is 0 Å². The molecule has 3 nitrogen and oxygen atoms in total. The molecule has 0 bridgehead atoms. The van der Waals surface area contributed by atoms with E-state index in [1.165, 1.54) is 11.3 Å². The zero-order chi connectivity index (χ0) is 12.8. The lowest BCUT2D eigenvalue weighted by atomic mass is 10.2. The maximum absolute atomic E-state index is 11.8. The van der Waals surface area contributed by atoms with Gasteiger partial charge in [-0.1, -0.05) is 11.8 Å². The van der Waals surface area contributed by atoms with Gasteiger partial charge >= 0.3 is 0 Å². The summed E-state index contributed by atoms with van der Waals surface area (Å²) in [4.78, 5) is 12.8. The molecule has 0 saturated carbocycles. The van der Waals surface area contributed by atoms with E-state index in [1.54, 1.807) is 11.3 Å². The van der Waals surface area contributed by atoms with Crippen LogP contribution in [0.5, 0.6) is 0 Å². The van der Waals surface area contributed by atoms with E-state index in [0.29, 0.717) is 18.7 Å². The van der Waals surface area contributed by atoms with Crippen molar-refractivity contribution in [3.05, 3.63) is 44.3 Å².